The van der Waals surface area contributed by atoms with Crippen molar-refractivity contribution in [2.24, 2.45) is 7.05 Å². The molecule has 1 saturated heterocycles. The van der Waals surface area contributed by atoms with Crippen molar-refractivity contribution in [1.29, 1.82) is 0 Å². The van der Waals surface area contributed by atoms with Crippen LogP contribution in [0.5, 0.6) is 0 Å². The number of oxazole rings is 1. The SMILES string of the molecule is C[C@H](c1nc2ccccc2o1)N1CCO[C@H](c2nncn2C)C1. The second-order valence-electron chi connectivity index (χ2n) is 5.85. The molecule has 2 atom stereocenters. The van der Waals surface area contributed by atoms with Crippen LogP contribution in [0.4, 0.5) is 0 Å². The number of rotatable bonds is 3. The van der Waals surface area contributed by atoms with Gasteiger partial charge in [-0.05, 0) is 19.1 Å². The van der Waals surface area contributed by atoms with E-state index in [4.69, 9.17) is 9.15 Å². The molecule has 0 N–H and O–H groups in total. The number of ether oxygens (including phenoxy) is 1. The molecule has 4 rings (SSSR count). The maximum Gasteiger partial charge on any atom is 0.212 e. The van der Waals surface area contributed by atoms with Gasteiger partial charge in [0.1, 0.15) is 17.9 Å². The van der Waals surface area contributed by atoms with Gasteiger partial charge in [0.05, 0.1) is 12.6 Å². The average Bonchev–Trinajstić information content (AvgIpc) is 3.20. The molecule has 1 fully saturated rings. The Kier molecular flexibility index (Phi) is 3.59. The second kappa shape index (κ2) is 5.75. The number of hydrogen-bond acceptors (Lipinski definition) is 6. The van der Waals surface area contributed by atoms with E-state index in [9.17, 15) is 0 Å². The van der Waals surface area contributed by atoms with Crippen molar-refractivity contribution in [1.82, 2.24) is 24.6 Å². The highest BCUT2D eigenvalue weighted by atomic mass is 16.5. The zero-order valence-corrected chi connectivity index (χ0v) is 13.2. The predicted octanol–water partition coefficient (Wildman–Crippen LogP) is 2.09. The van der Waals surface area contributed by atoms with Crippen LogP contribution in [0.2, 0.25) is 0 Å². The lowest BCUT2D eigenvalue weighted by Crippen LogP contribution is -2.40. The summed E-state index contributed by atoms with van der Waals surface area (Å²) in [5.74, 6) is 1.59. The zero-order valence-electron chi connectivity index (χ0n) is 13.2. The normalized spacial score (nSPS) is 20.9. The minimum absolute atomic E-state index is 0.0805. The fourth-order valence-corrected chi connectivity index (χ4v) is 2.99. The van der Waals surface area contributed by atoms with Crippen LogP contribution in [-0.2, 0) is 11.8 Å². The molecule has 0 amide bonds. The van der Waals surface area contributed by atoms with Crippen molar-refractivity contribution in [3.63, 3.8) is 0 Å². The molecule has 0 spiro atoms. The van der Waals surface area contributed by atoms with Gasteiger partial charge in [-0.1, -0.05) is 12.1 Å². The molecule has 0 saturated carbocycles. The Morgan fingerprint density at radius 2 is 2.17 bits per heavy atom. The number of aromatic nitrogens is 4. The Labute approximate surface area is 133 Å². The highest BCUT2D eigenvalue weighted by Crippen LogP contribution is 2.29. The van der Waals surface area contributed by atoms with Crippen LogP contribution in [-0.4, -0.2) is 44.3 Å². The molecular formula is C16H19N5O2. The minimum Gasteiger partial charge on any atom is -0.439 e. The summed E-state index contributed by atoms with van der Waals surface area (Å²) in [5.41, 5.74) is 1.72. The summed E-state index contributed by atoms with van der Waals surface area (Å²) < 4.78 is 13.7. The van der Waals surface area contributed by atoms with Crippen LogP contribution >= 0.6 is 0 Å². The van der Waals surface area contributed by atoms with E-state index >= 15 is 0 Å². The van der Waals surface area contributed by atoms with Gasteiger partial charge in [0.15, 0.2) is 11.4 Å². The third kappa shape index (κ3) is 2.62. The largest absolute Gasteiger partial charge is 0.439 e. The highest BCUT2D eigenvalue weighted by molar-refractivity contribution is 5.72. The average molecular weight is 313 g/mol. The van der Waals surface area contributed by atoms with E-state index in [1.165, 1.54) is 0 Å². The van der Waals surface area contributed by atoms with Crippen LogP contribution < -0.4 is 0 Å². The summed E-state index contributed by atoms with van der Waals surface area (Å²) in [4.78, 5) is 6.92. The highest BCUT2D eigenvalue weighted by Gasteiger charge is 2.30. The first-order valence-electron chi connectivity index (χ1n) is 7.77. The molecule has 2 aromatic heterocycles. The molecule has 0 unspecified atom stereocenters. The number of nitrogens with zero attached hydrogens (tertiary/aromatic N) is 5. The van der Waals surface area contributed by atoms with Crippen LogP contribution in [0.3, 0.4) is 0 Å². The number of fused-ring (bicyclic) bond motifs is 1. The lowest BCUT2D eigenvalue weighted by atomic mass is 10.2. The summed E-state index contributed by atoms with van der Waals surface area (Å²) in [5, 5.41) is 8.10. The molecule has 0 bridgehead atoms. The number of hydrogen-bond donors (Lipinski definition) is 0. The molecule has 1 aliphatic heterocycles. The van der Waals surface area contributed by atoms with E-state index in [-0.39, 0.29) is 12.1 Å². The van der Waals surface area contributed by atoms with Crippen LogP contribution in [0, 0.1) is 0 Å². The lowest BCUT2D eigenvalue weighted by Gasteiger charge is -2.34. The molecule has 7 heteroatoms. The molecule has 1 aromatic carbocycles. The third-order valence-corrected chi connectivity index (χ3v) is 4.35. The fraction of sp³-hybridized carbons (Fsp3) is 0.438. The van der Waals surface area contributed by atoms with Crippen molar-refractivity contribution in [2.45, 2.75) is 19.1 Å². The first-order valence-corrected chi connectivity index (χ1v) is 7.77. The standard InChI is InChI=1S/C16H19N5O2/c1-11(16-18-12-5-3-4-6-13(12)23-16)21-7-8-22-14(9-21)15-19-17-10-20(15)2/h3-6,10-11,14H,7-9H2,1-2H3/t11-,14+/m1/s1. The van der Waals surface area contributed by atoms with Crippen molar-refractivity contribution >= 4 is 11.1 Å². The third-order valence-electron chi connectivity index (χ3n) is 4.35. The zero-order chi connectivity index (χ0) is 15.8. The van der Waals surface area contributed by atoms with Gasteiger partial charge < -0.3 is 13.7 Å². The molecule has 0 aliphatic carbocycles. The molecule has 1 aliphatic rings. The minimum atomic E-state index is -0.0805. The smallest absolute Gasteiger partial charge is 0.212 e. The molecule has 120 valence electrons. The summed E-state index contributed by atoms with van der Waals surface area (Å²) in [6.45, 7) is 4.35. The Morgan fingerprint density at radius 3 is 2.96 bits per heavy atom. The van der Waals surface area contributed by atoms with Crippen LogP contribution in [0.15, 0.2) is 35.0 Å². The fourth-order valence-electron chi connectivity index (χ4n) is 2.99. The van der Waals surface area contributed by atoms with Crippen molar-refractivity contribution < 1.29 is 9.15 Å². The first-order chi connectivity index (χ1) is 11.2. The van der Waals surface area contributed by atoms with E-state index < -0.39 is 0 Å². The van der Waals surface area contributed by atoms with Gasteiger partial charge >= 0.3 is 0 Å². The Morgan fingerprint density at radius 1 is 1.30 bits per heavy atom. The lowest BCUT2D eigenvalue weighted by molar-refractivity contribution is -0.0513. The summed E-state index contributed by atoms with van der Waals surface area (Å²) in [6, 6.07) is 7.93. The van der Waals surface area contributed by atoms with E-state index in [0.717, 1.165) is 35.9 Å². The molecule has 3 aromatic rings. The predicted molar refractivity (Wildman–Crippen MR) is 83.7 cm³/mol. The number of para-hydroxylation sites is 2. The molecule has 0 radical (unpaired) electrons. The van der Waals surface area contributed by atoms with Crippen molar-refractivity contribution in [3.05, 3.63) is 42.3 Å². The maximum absolute atomic E-state index is 5.91. The van der Waals surface area contributed by atoms with Crippen LogP contribution in [0.25, 0.3) is 11.1 Å². The maximum atomic E-state index is 5.91. The van der Waals surface area contributed by atoms with E-state index in [1.807, 2.05) is 35.9 Å². The van der Waals surface area contributed by atoms with Gasteiger partial charge in [0.2, 0.25) is 5.89 Å². The topological polar surface area (TPSA) is 69.2 Å². The van der Waals surface area contributed by atoms with Gasteiger partial charge in [-0.2, -0.15) is 0 Å². The van der Waals surface area contributed by atoms with Gasteiger partial charge in [-0.3, -0.25) is 4.90 Å². The Hall–Kier alpha value is -2.25. The van der Waals surface area contributed by atoms with Crippen LogP contribution in [0.1, 0.15) is 30.8 Å². The van der Waals surface area contributed by atoms with Gasteiger partial charge in [-0.15, -0.1) is 10.2 Å². The van der Waals surface area contributed by atoms with E-state index in [2.05, 4.69) is 27.0 Å². The van der Waals surface area contributed by atoms with Gasteiger partial charge in [-0.25, -0.2) is 4.98 Å². The number of aryl methyl sites for hydroxylation is 1. The number of morpholine rings is 1. The molecule has 3 heterocycles. The molecular weight excluding hydrogens is 294 g/mol. The molecule has 23 heavy (non-hydrogen) atoms. The summed E-state index contributed by atoms with van der Waals surface area (Å²) >= 11 is 0. The Balaban J connectivity index is 1.55. The molecule has 7 nitrogen and oxygen atoms in total. The van der Waals surface area contributed by atoms with Crippen molar-refractivity contribution in [3.8, 4) is 0 Å². The summed E-state index contributed by atoms with van der Waals surface area (Å²) in [6.07, 6.45) is 1.62. The second-order valence-corrected chi connectivity index (χ2v) is 5.85. The summed E-state index contributed by atoms with van der Waals surface area (Å²) in [7, 11) is 1.93. The van der Waals surface area contributed by atoms with Gasteiger partial charge in [0.25, 0.3) is 0 Å². The number of benzene rings is 1. The van der Waals surface area contributed by atoms with Gasteiger partial charge in [0, 0.05) is 20.1 Å². The first kappa shape index (κ1) is 14.3. The quantitative estimate of drug-likeness (QED) is 0.737. The Bertz CT molecular complexity index is 779. The van der Waals surface area contributed by atoms with E-state index in [1.54, 1.807) is 6.33 Å². The van der Waals surface area contributed by atoms with E-state index in [0.29, 0.717) is 6.61 Å². The van der Waals surface area contributed by atoms with Crippen molar-refractivity contribution in [2.75, 3.05) is 19.7 Å². The monoisotopic (exact) mass is 313 g/mol.